The Morgan fingerprint density at radius 1 is 1.24 bits per heavy atom. The predicted molar refractivity (Wildman–Crippen MR) is 98.0 cm³/mol. The lowest BCUT2D eigenvalue weighted by molar-refractivity contribution is 0.0526. The van der Waals surface area contributed by atoms with Gasteiger partial charge in [-0.15, -0.1) is 12.4 Å². The lowest BCUT2D eigenvalue weighted by atomic mass is 10.1. The highest BCUT2D eigenvalue weighted by Gasteiger charge is 2.15. The number of ether oxygens (including phenoxy) is 2. The minimum atomic E-state index is -0.303. The molecule has 1 fully saturated rings. The average Bonchev–Trinajstić information content (AvgIpc) is 3.27. The van der Waals surface area contributed by atoms with E-state index >= 15 is 0 Å². The molecule has 1 aliphatic heterocycles. The summed E-state index contributed by atoms with van der Waals surface area (Å²) in [5.41, 5.74) is 1.49. The molecular weight excluding hydrogens is 342 g/mol. The molecule has 2 heterocycles. The normalized spacial score (nSPS) is 16.4. The summed E-state index contributed by atoms with van der Waals surface area (Å²) < 4.78 is 16.4. The monoisotopic (exact) mass is 365 g/mol. The van der Waals surface area contributed by atoms with Crippen LogP contribution in [0.1, 0.15) is 35.9 Å². The van der Waals surface area contributed by atoms with Gasteiger partial charge in [0, 0.05) is 18.7 Å². The van der Waals surface area contributed by atoms with Crippen LogP contribution in [0, 0.1) is 0 Å². The highest BCUT2D eigenvalue weighted by atomic mass is 35.5. The highest BCUT2D eigenvalue weighted by molar-refractivity contribution is 5.89. The van der Waals surface area contributed by atoms with E-state index in [9.17, 15) is 4.79 Å². The number of rotatable bonds is 7. The van der Waals surface area contributed by atoms with Crippen LogP contribution in [-0.2, 0) is 16.0 Å². The summed E-state index contributed by atoms with van der Waals surface area (Å²) in [5, 5.41) is 3.37. The van der Waals surface area contributed by atoms with Gasteiger partial charge in [-0.1, -0.05) is 12.1 Å². The van der Waals surface area contributed by atoms with Crippen LogP contribution in [0.15, 0.2) is 40.8 Å². The van der Waals surface area contributed by atoms with Crippen molar-refractivity contribution in [1.82, 2.24) is 5.32 Å². The van der Waals surface area contributed by atoms with E-state index in [0.29, 0.717) is 24.8 Å². The van der Waals surface area contributed by atoms with E-state index in [0.717, 1.165) is 43.1 Å². The highest BCUT2D eigenvalue weighted by Crippen LogP contribution is 2.23. The first-order valence-electron chi connectivity index (χ1n) is 8.45. The van der Waals surface area contributed by atoms with Crippen molar-refractivity contribution in [3.63, 3.8) is 0 Å². The van der Waals surface area contributed by atoms with Gasteiger partial charge < -0.3 is 19.2 Å². The van der Waals surface area contributed by atoms with Crippen molar-refractivity contribution in [3.05, 3.63) is 47.7 Å². The Bertz CT molecular complexity index is 662. The number of carbonyl (C=O) groups excluding carboxylic acids is 1. The molecule has 0 radical (unpaired) electrons. The Labute approximate surface area is 154 Å². The number of hydrogen-bond donors (Lipinski definition) is 1. The Kier molecular flexibility index (Phi) is 7.50. The second-order valence-electron chi connectivity index (χ2n) is 5.83. The molecule has 0 amide bonds. The van der Waals surface area contributed by atoms with Gasteiger partial charge >= 0.3 is 5.97 Å². The minimum Gasteiger partial charge on any atom is -0.462 e. The maximum Gasteiger partial charge on any atom is 0.338 e. The summed E-state index contributed by atoms with van der Waals surface area (Å²) in [7, 11) is 0. The Morgan fingerprint density at radius 2 is 2.04 bits per heavy atom. The molecule has 0 spiro atoms. The number of hydrogen-bond acceptors (Lipinski definition) is 5. The minimum absolute atomic E-state index is 0. The summed E-state index contributed by atoms with van der Waals surface area (Å²) in [6.07, 6.45) is 2.61. The third kappa shape index (κ3) is 5.33. The molecule has 0 saturated carbocycles. The number of esters is 1. The molecule has 1 aromatic carbocycles. The van der Waals surface area contributed by atoms with E-state index in [1.165, 1.54) is 0 Å². The lowest BCUT2D eigenvalue weighted by Crippen LogP contribution is -2.25. The first-order valence-corrected chi connectivity index (χ1v) is 8.45. The van der Waals surface area contributed by atoms with Crippen LogP contribution in [0.5, 0.6) is 0 Å². The van der Waals surface area contributed by atoms with Crippen LogP contribution in [0.3, 0.4) is 0 Å². The van der Waals surface area contributed by atoms with E-state index in [-0.39, 0.29) is 18.4 Å². The standard InChI is InChI=1S/C19H23NO4.ClH/c1-2-22-19(21)15-7-5-14(6-8-15)18-10-9-17(24-18)13-20-12-16-4-3-11-23-16;/h5-10,16,20H,2-4,11-13H2,1H3;1H. The fourth-order valence-electron chi connectivity index (χ4n) is 2.77. The number of furan rings is 1. The summed E-state index contributed by atoms with van der Waals surface area (Å²) in [6, 6.07) is 11.2. The van der Waals surface area contributed by atoms with Crippen molar-refractivity contribution < 1.29 is 18.7 Å². The van der Waals surface area contributed by atoms with Gasteiger partial charge in [-0.25, -0.2) is 4.79 Å². The smallest absolute Gasteiger partial charge is 0.338 e. The fourth-order valence-corrected chi connectivity index (χ4v) is 2.77. The van der Waals surface area contributed by atoms with Crippen LogP contribution < -0.4 is 5.32 Å². The van der Waals surface area contributed by atoms with Gasteiger partial charge in [0.05, 0.1) is 24.8 Å². The Morgan fingerprint density at radius 3 is 2.72 bits per heavy atom. The largest absolute Gasteiger partial charge is 0.462 e. The van der Waals surface area contributed by atoms with E-state index in [1.54, 1.807) is 19.1 Å². The topological polar surface area (TPSA) is 60.7 Å². The quantitative estimate of drug-likeness (QED) is 0.756. The van der Waals surface area contributed by atoms with Gasteiger partial charge in [0.1, 0.15) is 11.5 Å². The van der Waals surface area contributed by atoms with Crippen molar-refractivity contribution >= 4 is 18.4 Å². The molecule has 6 heteroatoms. The zero-order valence-corrected chi connectivity index (χ0v) is 15.1. The van der Waals surface area contributed by atoms with Crippen molar-refractivity contribution in [2.75, 3.05) is 19.8 Å². The molecule has 25 heavy (non-hydrogen) atoms. The SMILES string of the molecule is CCOC(=O)c1ccc(-c2ccc(CNCC3CCCO3)o2)cc1.Cl. The van der Waals surface area contributed by atoms with E-state index < -0.39 is 0 Å². The first kappa shape index (κ1) is 19.5. The third-order valence-electron chi connectivity index (χ3n) is 4.04. The zero-order valence-electron chi connectivity index (χ0n) is 14.3. The first-order chi connectivity index (χ1) is 11.8. The number of halogens is 1. The van der Waals surface area contributed by atoms with Crippen LogP contribution in [0.2, 0.25) is 0 Å². The predicted octanol–water partition coefficient (Wildman–Crippen LogP) is 3.81. The molecular formula is C19H24ClNO4. The second-order valence-corrected chi connectivity index (χ2v) is 5.83. The molecule has 0 bridgehead atoms. The van der Waals surface area contributed by atoms with Gasteiger partial charge in [-0.3, -0.25) is 0 Å². The lowest BCUT2D eigenvalue weighted by Gasteiger charge is -2.09. The number of carbonyl (C=O) groups is 1. The van der Waals surface area contributed by atoms with Crippen LogP contribution in [-0.4, -0.2) is 31.8 Å². The summed E-state index contributed by atoms with van der Waals surface area (Å²) >= 11 is 0. The molecule has 136 valence electrons. The van der Waals surface area contributed by atoms with Crippen LogP contribution >= 0.6 is 12.4 Å². The molecule has 1 aliphatic rings. The Balaban J connectivity index is 0.00000225. The maximum absolute atomic E-state index is 11.7. The molecule has 2 aromatic rings. The van der Waals surface area contributed by atoms with Crippen LogP contribution in [0.25, 0.3) is 11.3 Å². The van der Waals surface area contributed by atoms with Crippen molar-refractivity contribution in [1.29, 1.82) is 0 Å². The fraction of sp³-hybridized carbons (Fsp3) is 0.421. The number of benzene rings is 1. The summed E-state index contributed by atoms with van der Waals surface area (Å²) in [4.78, 5) is 11.7. The molecule has 1 atom stereocenters. The average molecular weight is 366 g/mol. The molecule has 3 rings (SSSR count). The molecule has 1 aromatic heterocycles. The van der Waals surface area contributed by atoms with Crippen molar-refractivity contribution in [2.24, 2.45) is 0 Å². The van der Waals surface area contributed by atoms with Gasteiger partial charge in [0.25, 0.3) is 0 Å². The van der Waals surface area contributed by atoms with Gasteiger partial charge in [0.15, 0.2) is 0 Å². The van der Waals surface area contributed by atoms with E-state index in [2.05, 4.69) is 5.32 Å². The molecule has 0 aliphatic carbocycles. The van der Waals surface area contributed by atoms with E-state index in [4.69, 9.17) is 13.9 Å². The van der Waals surface area contributed by atoms with Gasteiger partial charge in [-0.05, 0) is 44.0 Å². The van der Waals surface area contributed by atoms with Crippen LogP contribution in [0.4, 0.5) is 0 Å². The summed E-state index contributed by atoms with van der Waals surface area (Å²) in [6.45, 7) is 4.58. The second kappa shape index (κ2) is 9.61. The third-order valence-corrected chi connectivity index (χ3v) is 4.04. The molecule has 1 unspecified atom stereocenters. The number of nitrogens with one attached hydrogen (secondary N) is 1. The molecule has 5 nitrogen and oxygen atoms in total. The molecule has 1 N–H and O–H groups in total. The van der Waals surface area contributed by atoms with Crippen molar-refractivity contribution in [2.45, 2.75) is 32.4 Å². The van der Waals surface area contributed by atoms with Crippen molar-refractivity contribution in [3.8, 4) is 11.3 Å². The molecule has 1 saturated heterocycles. The van der Waals surface area contributed by atoms with Gasteiger partial charge in [-0.2, -0.15) is 0 Å². The van der Waals surface area contributed by atoms with Gasteiger partial charge in [0.2, 0.25) is 0 Å². The van der Waals surface area contributed by atoms with E-state index in [1.807, 2.05) is 24.3 Å². The Hall–Kier alpha value is -1.82. The maximum atomic E-state index is 11.7. The zero-order chi connectivity index (χ0) is 16.8. The summed E-state index contributed by atoms with van der Waals surface area (Å²) in [5.74, 6) is 1.37.